The van der Waals surface area contributed by atoms with Gasteiger partial charge in [-0.15, -0.1) is 0 Å². The summed E-state index contributed by atoms with van der Waals surface area (Å²) in [6.45, 7) is 12.0. The van der Waals surface area contributed by atoms with Crippen molar-refractivity contribution in [3.05, 3.63) is 29.1 Å². The molecule has 0 aliphatic heterocycles. The lowest BCUT2D eigenvalue weighted by molar-refractivity contribution is -0.106. The van der Waals surface area contributed by atoms with Gasteiger partial charge in [0, 0.05) is 11.4 Å². The molecule has 0 bridgehead atoms. The second-order valence-corrected chi connectivity index (χ2v) is 7.71. The highest BCUT2D eigenvalue weighted by atomic mass is 16.1. The molecule has 2 aromatic heterocycles. The zero-order chi connectivity index (χ0) is 19.0. The molecule has 0 saturated carbocycles. The number of amides is 1. The summed E-state index contributed by atoms with van der Waals surface area (Å²) in [6, 6.07) is 4.47. The fourth-order valence-corrected chi connectivity index (χ4v) is 3.08. The van der Waals surface area contributed by atoms with E-state index in [0.717, 1.165) is 30.8 Å². The van der Waals surface area contributed by atoms with Crippen LogP contribution in [0.3, 0.4) is 0 Å². The maximum atomic E-state index is 8.58. The van der Waals surface area contributed by atoms with E-state index in [-0.39, 0.29) is 6.41 Å². The lowest BCUT2D eigenvalue weighted by Crippen LogP contribution is -2.27. The van der Waals surface area contributed by atoms with Crippen LogP contribution in [0.4, 0.5) is 0 Å². The Labute approximate surface area is 151 Å². The molecule has 1 unspecified atom stereocenters. The van der Waals surface area contributed by atoms with Gasteiger partial charge in [0.1, 0.15) is 0 Å². The van der Waals surface area contributed by atoms with E-state index >= 15 is 0 Å². The van der Waals surface area contributed by atoms with E-state index in [1.165, 1.54) is 35.3 Å². The van der Waals surface area contributed by atoms with Crippen molar-refractivity contribution in [2.45, 2.75) is 60.3 Å². The van der Waals surface area contributed by atoms with Gasteiger partial charge in [0.25, 0.3) is 0 Å². The molecule has 0 fully saturated rings. The van der Waals surface area contributed by atoms with Gasteiger partial charge >= 0.3 is 0 Å². The average Bonchev–Trinajstić information content (AvgIpc) is 2.91. The summed E-state index contributed by atoms with van der Waals surface area (Å²) in [7, 11) is 0. The number of carbonyl (C=O) groups is 1. The minimum atomic E-state index is 0.250. The van der Waals surface area contributed by atoms with Crippen LogP contribution in [-0.2, 0) is 17.6 Å². The first-order valence-electron chi connectivity index (χ1n) is 9.10. The minimum absolute atomic E-state index is 0.250. The number of H-pyrrole nitrogens is 1. The van der Waals surface area contributed by atoms with Crippen molar-refractivity contribution < 1.29 is 4.79 Å². The highest BCUT2D eigenvalue weighted by Crippen LogP contribution is 2.37. The maximum Gasteiger partial charge on any atom is 0.204 e. The third-order valence-corrected chi connectivity index (χ3v) is 4.61. The molecular formula is C20H34N4O. The number of pyridine rings is 1. The molecule has 1 aliphatic carbocycles. The van der Waals surface area contributed by atoms with E-state index in [9.17, 15) is 0 Å². The summed E-state index contributed by atoms with van der Waals surface area (Å²) in [5.41, 5.74) is 15.9. The van der Waals surface area contributed by atoms with Crippen molar-refractivity contribution >= 4 is 17.4 Å². The molecule has 2 aromatic rings. The van der Waals surface area contributed by atoms with Crippen molar-refractivity contribution in [2.75, 3.05) is 6.54 Å². The Morgan fingerprint density at radius 3 is 2.48 bits per heavy atom. The molecule has 5 N–H and O–H groups in total. The van der Waals surface area contributed by atoms with Gasteiger partial charge in [0.05, 0.1) is 11.0 Å². The Balaban J connectivity index is 0.000000386. The molecule has 0 radical (unpaired) electrons. The zero-order valence-electron chi connectivity index (χ0n) is 16.4. The molecule has 5 heteroatoms. The van der Waals surface area contributed by atoms with Gasteiger partial charge in [0.2, 0.25) is 6.41 Å². The Morgan fingerprint density at radius 2 is 1.96 bits per heavy atom. The third-order valence-electron chi connectivity index (χ3n) is 4.61. The first-order chi connectivity index (χ1) is 11.8. The number of aromatic nitrogens is 2. The Morgan fingerprint density at radius 1 is 1.36 bits per heavy atom. The molecule has 1 amide bonds. The Hall–Kier alpha value is -1.88. The molecule has 0 saturated heterocycles. The van der Waals surface area contributed by atoms with Crippen LogP contribution in [0.1, 0.15) is 57.5 Å². The van der Waals surface area contributed by atoms with Gasteiger partial charge in [0.15, 0.2) is 0 Å². The lowest BCUT2D eigenvalue weighted by atomic mass is 9.71. The van der Waals surface area contributed by atoms with Crippen LogP contribution in [0, 0.1) is 18.3 Å². The van der Waals surface area contributed by atoms with Crippen LogP contribution in [0.2, 0.25) is 0 Å². The van der Waals surface area contributed by atoms with E-state index in [4.69, 9.17) is 15.5 Å². The summed E-state index contributed by atoms with van der Waals surface area (Å²) in [6.07, 6.45) is 4.94. The first-order valence-corrected chi connectivity index (χ1v) is 9.10. The van der Waals surface area contributed by atoms with Crippen molar-refractivity contribution in [3.63, 3.8) is 0 Å². The fraction of sp³-hybridized carbons (Fsp3) is 0.600. The molecule has 0 spiro atoms. The number of nitrogens with two attached hydrogens (primary N) is 2. The summed E-state index contributed by atoms with van der Waals surface area (Å²) < 4.78 is 0. The van der Waals surface area contributed by atoms with Crippen LogP contribution < -0.4 is 11.5 Å². The quantitative estimate of drug-likeness (QED) is 0.689. The topological polar surface area (TPSA) is 97.8 Å². The summed E-state index contributed by atoms with van der Waals surface area (Å²) >= 11 is 0. The number of aromatic amines is 1. The molecule has 1 aliphatic rings. The Kier molecular flexibility index (Phi) is 8.10. The molecule has 25 heavy (non-hydrogen) atoms. The molecule has 2 heterocycles. The standard InChI is InChI=1S/C16H22N2.C3H9N.CH3NO/c1-10-7-14-15(17-10)9-11-8-12(16(2,3)4)5-6-13(11)18-14;1-2-3-4;2-1-3/h7,9,12,17H,5-6,8H2,1-4H3;2-4H2,1H3;1H,(H2,2,3). The number of nitrogens with one attached hydrogen (secondary N) is 1. The largest absolute Gasteiger partial charge is 0.372 e. The maximum absolute atomic E-state index is 8.58. The summed E-state index contributed by atoms with van der Waals surface area (Å²) in [4.78, 5) is 16.8. The highest BCUT2D eigenvalue weighted by Gasteiger charge is 2.29. The van der Waals surface area contributed by atoms with Crippen LogP contribution in [0.25, 0.3) is 11.0 Å². The van der Waals surface area contributed by atoms with E-state index in [0.29, 0.717) is 5.41 Å². The molecular weight excluding hydrogens is 312 g/mol. The number of hydrogen-bond acceptors (Lipinski definition) is 3. The van der Waals surface area contributed by atoms with E-state index < -0.39 is 0 Å². The molecule has 0 aromatic carbocycles. The number of nitrogens with zero attached hydrogens (tertiary/aromatic N) is 1. The number of fused-ring (bicyclic) bond motifs is 2. The van der Waals surface area contributed by atoms with Gasteiger partial charge in [-0.2, -0.15) is 0 Å². The number of hydrogen-bond donors (Lipinski definition) is 3. The van der Waals surface area contributed by atoms with E-state index in [2.05, 4.69) is 57.5 Å². The normalized spacial score (nSPS) is 16.2. The van der Waals surface area contributed by atoms with Crippen LogP contribution in [0.5, 0.6) is 0 Å². The molecule has 1 atom stereocenters. The van der Waals surface area contributed by atoms with Crippen LogP contribution >= 0.6 is 0 Å². The van der Waals surface area contributed by atoms with Crippen molar-refractivity contribution in [1.29, 1.82) is 0 Å². The predicted molar refractivity (Wildman–Crippen MR) is 105 cm³/mol. The molecule has 140 valence electrons. The number of primary amides is 1. The summed E-state index contributed by atoms with van der Waals surface area (Å²) in [5.74, 6) is 0.778. The zero-order valence-corrected chi connectivity index (χ0v) is 16.4. The van der Waals surface area contributed by atoms with Crippen LogP contribution in [-0.4, -0.2) is 22.9 Å². The van der Waals surface area contributed by atoms with Gasteiger partial charge in [-0.3, -0.25) is 9.78 Å². The average molecular weight is 347 g/mol. The first kappa shape index (κ1) is 21.2. The predicted octanol–water partition coefficient (Wildman–Crippen LogP) is 3.48. The monoisotopic (exact) mass is 346 g/mol. The lowest BCUT2D eigenvalue weighted by Gasteiger charge is -2.34. The van der Waals surface area contributed by atoms with E-state index in [1.54, 1.807) is 0 Å². The third kappa shape index (κ3) is 6.16. The second-order valence-electron chi connectivity index (χ2n) is 7.71. The molecule has 5 nitrogen and oxygen atoms in total. The number of aryl methyl sites for hydroxylation is 2. The van der Waals surface area contributed by atoms with Crippen molar-refractivity contribution in [1.82, 2.24) is 9.97 Å². The minimum Gasteiger partial charge on any atom is -0.372 e. The van der Waals surface area contributed by atoms with Crippen molar-refractivity contribution in [3.8, 4) is 0 Å². The number of rotatable bonds is 1. The van der Waals surface area contributed by atoms with Gasteiger partial charge in [-0.05, 0) is 68.2 Å². The number of carbonyl (C=O) groups excluding carboxylic acids is 1. The van der Waals surface area contributed by atoms with Crippen molar-refractivity contribution in [2.24, 2.45) is 22.8 Å². The van der Waals surface area contributed by atoms with E-state index in [1.807, 2.05) is 0 Å². The summed E-state index contributed by atoms with van der Waals surface area (Å²) in [5, 5.41) is 0. The highest BCUT2D eigenvalue weighted by molar-refractivity contribution is 5.77. The molecule has 3 rings (SSSR count). The van der Waals surface area contributed by atoms with Gasteiger partial charge in [-0.1, -0.05) is 27.7 Å². The van der Waals surface area contributed by atoms with Crippen LogP contribution in [0.15, 0.2) is 12.1 Å². The smallest absolute Gasteiger partial charge is 0.204 e. The second kappa shape index (κ2) is 9.56. The fourth-order valence-electron chi connectivity index (χ4n) is 3.08. The Bertz CT molecular complexity index is 668. The SMILES string of the molecule is CCCN.Cc1cc2nc3c(cc2[nH]1)CC(C(C)(C)C)CC3.NC=O. The van der Waals surface area contributed by atoms with Gasteiger partial charge < -0.3 is 16.5 Å². The van der Waals surface area contributed by atoms with Gasteiger partial charge in [-0.25, -0.2) is 0 Å².